The highest BCUT2D eigenvalue weighted by molar-refractivity contribution is 5.89. The third-order valence-corrected chi connectivity index (χ3v) is 6.90. The molecule has 5 heteroatoms. The minimum Gasteiger partial charge on any atom is -0.497 e. The first kappa shape index (κ1) is 24.2. The Labute approximate surface area is 192 Å². The van der Waals surface area contributed by atoms with Gasteiger partial charge in [-0.15, -0.1) is 0 Å². The molecular formula is C27H37FN2O2. The van der Waals surface area contributed by atoms with E-state index in [9.17, 15) is 9.18 Å². The first-order valence-corrected chi connectivity index (χ1v) is 11.7. The summed E-state index contributed by atoms with van der Waals surface area (Å²) in [5.41, 5.74) is 1.73. The van der Waals surface area contributed by atoms with Crippen LogP contribution in [-0.4, -0.2) is 56.0 Å². The number of nitrogens with zero attached hydrogens (tertiary/aromatic N) is 2. The second-order valence-electron chi connectivity index (χ2n) is 9.29. The van der Waals surface area contributed by atoms with E-state index in [4.69, 9.17) is 4.74 Å². The topological polar surface area (TPSA) is 32.8 Å². The second kappa shape index (κ2) is 11.0. The molecule has 0 N–H and O–H groups in total. The van der Waals surface area contributed by atoms with Gasteiger partial charge in [-0.05, 0) is 80.6 Å². The van der Waals surface area contributed by atoms with Crippen molar-refractivity contribution in [1.29, 1.82) is 0 Å². The highest BCUT2D eigenvalue weighted by atomic mass is 19.1. The zero-order chi connectivity index (χ0) is 23.1. The number of piperidine rings is 1. The van der Waals surface area contributed by atoms with E-state index in [0.29, 0.717) is 0 Å². The molecule has 0 aliphatic carbocycles. The Kier molecular flexibility index (Phi) is 8.30. The molecule has 0 saturated carbocycles. The van der Waals surface area contributed by atoms with Crippen molar-refractivity contribution in [3.63, 3.8) is 0 Å². The standard InChI is InChI=1S/C27H37FN2O2/c1-21(2)27(23-8-5-9-25(20-23)32-4)15-6-17-30(26(27)31)18-7-16-29(3)19-14-22-10-12-24(28)13-11-22/h5,8-13,20-21H,6-7,14-19H2,1-4H3. The quantitative estimate of drug-likeness (QED) is 0.526. The van der Waals surface area contributed by atoms with E-state index in [1.165, 1.54) is 12.1 Å². The molecule has 1 amide bonds. The van der Waals surface area contributed by atoms with Gasteiger partial charge in [0.25, 0.3) is 0 Å². The van der Waals surface area contributed by atoms with Crippen LogP contribution < -0.4 is 4.74 Å². The van der Waals surface area contributed by atoms with Crippen LogP contribution in [0.3, 0.4) is 0 Å². The van der Waals surface area contributed by atoms with Crippen LogP contribution in [-0.2, 0) is 16.6 Å². The number of amides is 1. The first-order valence-electron chi connectivity index (χ1n) is 11.7. The number of carbonyl (C=O) groups is 1. The molecule has 2 aromatic rings. The summed E-state index contributed by atoms with van der Waals surface area (Å²) >= 11 is 0. The van der Waals surface area contributed by atoms with Gasteiger partial charge < -0.3 is 14.5 Å². The van der Waals surface area contributed by atoms with Gasteiger partial charge >= 0.3 is 0 Å². The SMILES string of the molecule is COc1cccc(C2(C(C)C)CCCN(CCCN(C)CCc3ccc(F)cc3)C2=O)c1. The van der Waals surface area contributed by atoms with Crippen LogP contribution in [0.1, 0.15) is 44.2 Å². The zero-order valence-electron chi connectivity index (χ0n) is 19.9. The van der Waals surface area contributed by atoms with Crippen molar-refractivity contribution in [2.45, 2.75) is 44.9 Å². The van der Waals surface area contributed by atoms with Gasteiger partial charge in [0, 0.05) is 19.6 Å². The molecule has 3 rings (SSSR count). The average Bonchev–Trinajstić information content (AvgIpc) is 2.79. The molecule has 0 bridgehead atoms. The van der Waals surface area contributed by atoms with Crippen LogP contribution in [0.15, 0.2) is 48.5 Å². The van der Waals surface area contributed by atoms with Gasteiger partial charge in [-0.25, -0.2) is 4.39 Å². The molecule has 2 aromatic carbocycles. The summed E-state index contributed by atoms with van der Waals surface area (Å²) < 4.78 is 18.5. The number of rotatable bonds is 10. The lowest BCUT2D eigenvalue weighted by Gasteiger charge is -2.45. The van der Waals surface area contributed by atoms with Crippen molar-refractivity contribution in [2.24, 2.45) is 5.92 Å². The molecule has 0 aromatic heterocycles. The fourth-order valence-electron chi connectivity index (χ4n) is 4.90. The Bertz CT molecular complexity index is 883. The van der Waals surface area contributed by atoms with Crippen molar-refractivity contribution in [3.8, 4) is 5.75 Å². The lowest BCUT2D eigenvalue weighted by Crippen LogP contribution is -2.54. The highest BCUT2D eigenvalue weighted by Gasteiger charge is 2.47. The van der Waals surface area contributed by atoms with E-state index in [1.807, 2.05) is 30.3 Å². The molecule has 174 valence electrons. The fourth-order valence-corrected chi connectivity index (χ4v) is 4.90. The number of ether oxygens (including phenoxy) is 1. The molecule has 1 atom stereocenters. The number of methoxy groups -OCH3 is 1. The minimum atomic E-state index is -0.485. The van der Waals surface area contributed by atoms with Crippen molar-refractivity contribution >= 4 is 5.91 Å². The third kappa shape index (κ3) is 5.50. The van der Waals surface area contributed by atoms with E-state index in [0.717, 1.165) is 68.7 Å². The van der Waals surface area contributed by atoms with Crippen molar-refractivity contribution in [3.05, 3.63) is 65.5 Å². The number of halogens is 1. The van der Waals surface area contributed by atoms with E-state index < -0.39 is 5.41 Å². The van der Waals surface area contributed by atoms with Gasteiger partial charge in [0.15, 0.2) is 0 Å². The number of benzene rings is 2. The molecule has 1 fully saturated rings. The predicted octanol–water partition coefficient (Wildman–Crippen LogP) is 4.92. The van der Waals surface area contributed by atoms with Gasteiger partial charge in [-0.3, -0.25) is 4.79 Å². The van der Waals surface area contributed by atoms with Crippen LogP contribution in [0.2, 0.25) is 0 Å². The number of likely N-dealkylation sites (tertiary alicyclic amines) is 1. The Hall–Kier alpha value is -2.40. The summed E-state index contributed by atoms with van der Waals surface area (Å²) in [4.78, 5) is 18.1. The molecule has 1 saturated heterocycles. The number of carbonyl (C=O) groups excluding carboxylic acids is 1. The maximum absolute atomic E-state index is 13.7. The van der Waals surface area contributed by atoms with E-state index >= 15 is 0 Å². The maximum Gasteiger partial charge on any atom is 0.233 e. The van der Waals surface area contributed by atoms with E-state index in [-0.39, 0.29) is 17.6 Å². The summed E-state index contributed by atoms with van der Waals surface area (Å²) in [6, 6.07) is 14.8. The Morgan fingerprint density at radius 1 is 1.16 bits per heavy atom. The zero-order valence-corrected chi connectivity index (χ0v) is 19.9. The average molecular weight is 441 g/mol. The minimum absolute atomic E-state index is 0.195. The number of hydrogen-bond donors (Lipinski definition) is 0. The maximum atomic E-state index is 13.7. The van der Waals surface area contributed by atoms with Crippen LogP contribution in [0.4, 0.5) is 4.39 Å². The Morgan fingerprint density at radius 3 is 2.59 bits per heavy atom. The molecule has 1 heterocycles. The van der Waals surface area contributed by atoms with Gasteiger partial charge in [0.2, 0.25) is 5.91 Å². The largest absolute Gasteiger partial charge is 0.497 e. The van der Waals surface area contributed by atoms with Crippen LogP contribution in [0.5, 0.6) is 5.75 Å². The third-order valence-electron chi connectivity index (χ3n) is 6.90. The monoisotopic (exact) mass is 440 g/mol. The summed E-state index contributed by atoms with van der Waals surface area (Å²) in [5, 5.41) is 0. The fraction of sp³-hybridized carbons (Fsp3) is 0.519. The number of likely N-dealkylation sites (N-methyl/N-ethyl adjacent to an activating group) is 1. The Morgan fingerprint density at radius 2 is 1.91 bits per heavy atom. The van der Waals surface area contributed by atoms with Crippen LogP contribution in [0.25, 0.3) is 0 Å². The summed E-state index contributed by atoms with van der Waals surface area (Å²) in [6.45, 7) is 7.76. The first-order chi connectivity index (χ1) is 15.4. The molecule has 1 aliphatic rings. The molecule has 0 radical (unpaired) electrons. The van der Waals surface area contributed by atoms with E-state index in [2.05, 4.69) is 36.8 Å². The van der Waals surface area contributed by atoms with Gasteiger partial charge in [0.1, 0.15) is 11.6 Å². The second-order valence-corrected chi connectivity index (χ2v) is 9.29. The molecule has 1 unspecified atom stereocenters. The predicted molar refractivity (Wildman–Crippen MR) is 128 cm³/mol. The summed E-state index contributed by atoms with van der Waals surface area (Å²) in [7, 11) is 3.78. The highest BCUT2D eigenvalue weighted by Crippen LogP contribution is 2.42. The van der Waals surface area contributed by atoms with Crippen LogP contribution >= 0.6 is 0 Å². The van der Waals surface area contributed by atoms with Crippen LogP contribution in [0, 0.1) is 11.7 Å². The van der Waals surface area contributed by atoms with Gasteiger partial charge in [0.05, 0.1) is 12.5 Å². The molecular weight excluding hydrogens is 403 g/mol. The van der Waals surface area contributed by atoms with Gasteiger partial charge in [-0.2, -0.15) is 0 Å². The lowest BCUT2D eigenvalue weighted by atomic mass is 9.66. The molecule has 32 heavy (non-hydrogen) atoms. The van der Waals surface area contributed by atoms with Crippen molar-refractivity contribution in [2.75, 3.05) is 40.3 Å². The van der Waals surface area contributed by atoms with Gasteiger partial charge in [-0.1, -0.05) is 38.1 Å². The smallest absolute Gasteiger partial charge is 0.233 e. The molecule has 0 spiro atoms. The molecule has 1 aliphatic heterocycles. The summed E-state index contributed by atoms with van der Waals surface area (Å²) in [5.74, 6) is 1.07. The van der Waals surface area contributed by atoms with Crippen molar-refractivity contribution in [1.82, 2.24) is 9.80 Å². The lowest BCUT2D eigenvalue weighted by molar-refractivity contribution is -0.143. The van der Waals surface area contributed by atoms with E-state index in [1.54, 1.807) is 7.11 Å². The Balaban J connectivity index is 1.58. The normalized spacial score (nSPS) is 19.1. The molecule has 4 nitrogen and oxygen atoms in total. The van der Waals surface area contributed by atoms with Crippen molar-refractivity contribution < 1.29 is 13.9 Å². The summed E-state index contributed by atoms with van der Waals surface area (Å²) in [6.07, 6.45) is 3.73. The number of hydrogen-bond acceptors (Lipinski definition) is 3.